The number of likely N-dealkylation sites (N-methyl/N-ethyl adjacent to an activating group) is 1. The molecule has 0 fully saturated rings. The number of unbranched alkanes of at least 4 members (excludes halogenated alkanes) is 3. The maximum absolute atomic E-state index is 11.8. The summed E-state index contributed by atoms with van der Waals surface area (Å²) < 4.78 is 0. The summed E-state index contributed by atoms with van der Waals surface area (Å²) in [6, 6.07) is -0.337. The van der Waals surface area contributed by atoms with E-state index in [2.05, 4.69) is 11.6 Å². The first kappa shape index (κ1) is 18.1. The maximum atomic E-state index is 11.8. The van der Waals surface area contributed by atoms with E-state index in [0.717, 1.165) is 12.8 Å². The third-order valence-corrected chi connectivity index (χ3v) is 3.91. The number of thioether (sulfide) groups is 1. The van der Waals surface area contributed by atoms with Gasteiger partial charge in [0.05, 0.1) is 0 Å². The van der Waals surface area contributed by atoms with E-state index in [4.69, 9.17) is 5.11 Å². The van der Waals surface area contributed by atoms with Crippen molar-refractivity contribution in [3.05, 3.63) is 0 Å². The molecule has 0 radical (unpaired) electrons. The van der Waals surface area contributed by atoms with E-state index >= 15 is 0 Å². The number of aliphatic carboxylic acids is 1. The van der Waals surface area contributed by atoms with Gasteiger partial charge in [0.15, 0.2) is 0 Å². The minimum atomic E-state index is -1.19. The molecular formula is C13H26N2O3S. The molecule has 6 heteroatoms. The Morgan fingerprint density at radius 2 is 1.79 bits per heavy atom. The molecule has 0 saturated heterocycles. The van der Waals surface area contributed by atoms with Crippen molar-refractivity contribution in [3.63, 3.8) is 0 Å². The highest BCUT2D eigenvalue weighted by Gasteiger charge is 2.34. The number of carbonyl (C=O) groups excluding carboxylic acids is 1. The fourth-order valence-corrected chi connectivity index (χ4v) is 1.93. The second-order valence-corrected chi connectivity index (χ2v) is 6.05. The van der Waals surface area contributed by atoms with Crippen LogP contribution < -0.4 is 5.32 Å². The van der Waals surface area contributed by atoms with Crippen LogP contribution in [0, 0.1) is 0 Å². The average Bonchev–Trinajstić information content (AvgIpc) is 2.36. The van der Waals surface area contributed by atoms with Gasteiger partial charge in [-0.25, -0.2) is 9.59 Å². The zero-order valence-electron chi connectivity index (χ0n) is 12.4. The van der Waals surface area contributed by atoms with Gasteiger partial charge in [-0.2, -0.15) is 11.8 Å². The molecule has 2 amide bonds. The SMILES string of the molecule is CSCCCCCCNC(=O)N(C)C(C)(C)C(=O)O. The van der Waals surface area contributed by atoms with Crippen molar-refractivity contribution in [2.75, 3.05) is 25.6 Å². The molecule has 0 aromatic carbocycles. The molecular weight excluding hydrogens is 264 g/mol. The quantitative estimate of drug-likeness (QED) is 0.640. The van der Waals surface area contributed by atoms with Crippen LogP contribution in [0.3, 0.4) is 0 Å². The lowest BCUT2D eigenvalue weighted by atomic mass is 10.1. The standard InChI is InChI=1S/C13H26N2O3S/c1-13(2,11(16)17)15(3)12(18)14-9-7-5-6-8-10-19-4/h5-10H2,1-4H3,(H,14,18)(H,16,17). The number of amides is 2. The number of carboxylic acids is 1. The first-order chi connectivity index (χ1) is 8.84. The zero-order chi connectivity index (χ0) is 14.9. The van der Waals surface area contributed by atoms with Crippen molar-refractivity contribution in [1.82, 2.24) is 10.2 Å². The molecule has 0 heterocycles. The normalized spacial score (nSPS) is 11.2. The topological polar surface area (TPSA) is 69.6 Å². The Labute approximate surface area is 120 Å². The number of rotatable bonds is 9. The minimum absolute atomic E-state index is 0.337. The summed E-state index contributed by atoms with van der Waals surface area (Å²) in [7, 11) is 1.50. The lowest BCUT2D eigenvalue weighted by molar-refractivity contribution is -0.146. The summed E-state index contributed by atoms with van der Waals surface area (Å²) in [5.74, 6) is 0.171. The molecule has 0 aromatic heterocycles. The van der Waals surface area contributed by atoms with Gasteiger partial charge in [-0.3, -0.25) is 0 Å². The van der Waals surface area contributed by atoms with Crippen LogP contribution >= 0.6 is 11.8 Å². The zero-order valence-corrected chi connectivity index (χ0v) is 13.2. The number of carboxylic acid groups (broad SMARTS) is 1. The molecule has 0 aromatic rings. The van der Waals surface area contributed by atoms with Gasteiger partial charge in [0.1, 0.15) is 5.54 Å². The van der Waals surface area contributed by atoms with Gasteiger partial charge in [-0.15, -0.1) is 0 Å². The van der Waals surface area contributed by atoms with Crippen molar-refractivity contribution in [1.29, 1.82) is 0 Å². The van der Waals surface area contributed by atoms with E-state index in [-0.39, 0.29) is 6.03 Å². The Morgan fingerprint density at radius 1 is 1.21 bits per heavy atom. The first-order valence-corrected chi connectivity index (χ1v) is 7.97. The van der Waals surface area contributed by atoms with Gasteiger partial charge in [-0.05, 0) is 38.7 Å². The van der Waals surface area contributed by atoms with Gasteiger partial charge in [-0.1, -0.05) is 12.8 Å². The third-order valence-electron chi connectivity index (χ3n) is 3.22. The Hall–Kier alpha value is -0.910. The summed E-state index contributed by atoms with van der Waals surface area (Å²) in [5.41, 5.74) is -1.19. The molecule has 0 atom stereocenters. The summed E-state index contributed by atoms with van der Waals surface area (Å²) in [6.45, 7) is 3.62. The fourth-order valence-electron chi connectivity index (χ4n) is 1.44. The minimum Gasteiger partial charge on any atom is -0.480 e. The van der Waals surface area contributed by atoms with Crippen LogP contribution in [0.5, 0.6) is 0 Å². The van der Waals surface area contributed by atoms with Crippen LogP contribution in [-0.4, -0.2) is 53.1 Å². The summed E-state index contributed by atoms with van der Waals surface area (Å²) in [4.78, 5) is 24.0. The van der Waals surface area contributed by atoms with Gasteiger partial charge in [0.25, 0.3) is 0 Å². The molecule has 0 aliphatic carbocycles. The van der Waals surface area contributed by atoms with Crippen LogP contribution in [0.15, 0.2) is 0 Å². The van der Waals surface area contributed by atoms with E-state index < -0.39 is 11.5 Å². The smallest absolute Gasteiger partial charge is 0.329 e. The fraction of sp³-hybridized carbons (Fsp3) is 0.846. The third kappa shape index (κ3) is 6.71. The Morgan fingerprint density at radius 3 is 2.32 bits per heavy atom. The van der Waals surface area contributed by atoms with Crippen LogP contribution in [0.1, 0.15) is 39.5 Å². The molecule has 112 valence electrons. The largest absolute Gasteiger partial charge is 0.480 e. The summed E-state index contributed by atoms with van der Waals surface area (Å²) in [5, 5.41) is 11.8. The predicted octanol–water partition coefficient (Wildman–Crippen LogP) is 2.41. The van der Waals surface area contributed by atoms with E-state index in [0.29, 0.717) is 6.54 Å². The lowest BCUT2D eigenvalue weighted by Gasteiger charge is -2.31. The molecule has 2 N–H and O–H groups in total. The summed E-state index contributed by atoms with van der Waals surface area (Å²) in [6.07, 6.45) is 6.50. The van der Waals surface area contributed by atoms with E-state index in [1.807, 2.05) is 11.8 Å². The van der Waals surface area contributed by atoms with Crippen molar-refractivity contribution >= 4 is 23.8 Å². The van der Waals surface area contributed by atoms with Gasteiger partial charge < -0.3 is 15.3 Å². The number of nitrogens with zero attached hydrogens (tertiary/aromatic N) is 1. The molecule has 0 spiro atoms. The number of hydrogen-bond donors (Lipinski definition) is 2. The van der Waals surface area contributed by atoms with Crippen LogP contribution in [-0.2, 0) is 4.79 Å². The molecule has 0 bridgehead atoms. The Bertz CT molecular complexity index is 296. The predicted molar refractivity (Wildman–Crippen MR) is 79.7 cm³/mol. The second-order valence-electron chi connectivity index (χ2n) is 5.06. The van der Waals surface area contributed by atoms with E-state index in [9.17, 15) is 9.59 Å². The Balaban J connectivity index is 3.83. The Kier molecular flexibility index (Phi) is 8.63. The number of carbonyl (C=O) groups is 2. The number of nitrogens with one attached hydrogen (secondary N) is 1. The van der Waals surface area contributed by atoms with Crippen molar-refractivity contribution in [2.45, 2.75) is 45.1 Å². The molecule has 0 aliphatic rings. The van der Waals surface area contributed by atoms with E-state index in [1.165, 1.54) is 44.4 Å². The highest BCUT2D eigenvalue weighted by Crippen LogP contribution is 2.12. The molecule has 5 nitrogen and oxygen atoms in total. The van der Waals surface area contributed by atoms with Gasteiger partial charge in [0, 0.05) is 13.6 Å². The van der Waals surface area contributed by atoms with Crippen LogP contribution in [0.2, 0.25) is 0 Å². The number of hydrogen-bond acceptors (Lipinski definition) is 3. The maximum Gasteiger partial charge on any atom is 0.329 e. The molecule has 0 aliphatic heterocycles. The highest BCUT2D eigenvalue weighted by molar-refractivity contribution is 7.98. The first-order valence-electron chi connectivity index (χ1n) is 6.58. The van der Waals surface area contributed by atoms with Crippen LogP contribution in [0.4, 0.5) is 4.79 Å². The number of urea groups is 1. The van der Waals surface area contributed by atoms with Gasteiger partial charge in [0.2, 0.25) is 0 Å². The molecule has 0 rings (SSSR count). The van der Waals surface area contributed by atoms with Crippen molar-refractivity contribution in [2.24, 2.45) is 0 Å². The average molecular weight is 290 g/mol. The molecule has 0 saturated carbocycles. The second kappa shape index (κ2) is 9.07. The van der Waals surface area contributed by atoms with Crippen molar-refractivity contribution < 1.29 is 14.7 Å². The van der Waals surface area contributed by atoms with Crippen LogP contribution in [0.25, 0.3) is 0 Å². The highest BCUT2D eigenvalue weighted by atomic mass is 32.2. The summed E-state index contributed by atoms with van der Waals surface area (Å²) >= 11 is 1.85. The van der Waals surface area contributed by atoms with Crippen molar-refractivity contribution in [3.8, 4) is 0 Å². The van der Waals surface area contributed by atoms with E-state index in [1.54, 1.807) is 0 Å². The molecule has 19 heavy (non-hydrogen) atoms. The van der Waals surface area contributed by atoms with Gasteiger partial charge >= 0.3 is 12.0 Å². The lowest BCUT2D eigenvalue weighted by Crippen LogP contribution is -2.54. The monoisotopic (exact) mass is 290 g/mol. The molecule has 0 unspecified atom stereocenters.